The van der Waals surface area contributed by atoms with Gasteiger partial charge in [-0.15, -0.1) is 0 Å². The molecule has 0 radical (unpaired) electrons. The molecule has 5 nitrogen and oxygen atoms in total. The molecule has 1 atom stereocenters. The number of nitrogens with zero attached hydrogens (tertiary/aromatic N) is 3. The fourth-order valence-corrected chi connectivity index (χ4v) is 2.65. The molecule has 1 aromatic heterocycles. The van der Waals surface area contributed by atoms with Crippen molar-refractivity contribution in [3.63, 3.8) is 0 Å². The van der Waals surface area contributed by atoms with Crippen molar-refractivity contribution in [3.05, 3.63) is 24.3 Å². The van der Waals surface area contributed by atoms with Crippen molar-refractivity contribution in [3.8, 4) is 0 Å². The van der Waals surface area contributed by atoms with Crippen LogP contribution in [0.2, 0.25) is 0 Å². The Morgan fingerprint density at radius 2 is 2.15 bits per heavy atom. The first-order chi connectivity index (χ1) is 9.79. The van der Waals surface area contributed by atoms with Crippen LogP contribution >= 0.6 is 0 Å². The summed E-state index contributed by atoms with van der Waals surface area (Å²) in [6, 6.07) is 1.79. The van der Waals surface area contributed by atoms with Crippen molar-refractivity contribution >= 4 is 5.91 Å². The van der Waals surface area contributed by atoms with Gasteiger partial charge in [0.25, 0.3) is 0 Å². The van der Waals surface area contributed by atoms with E-state index in [4.69, 9.17) is 4.74 Å². The second kappa shape index (κ2) is 7.94. The molecule has 110 valence electrons. The van der Waals surface area contributed by atoms with Crippen molar-refractivity contribution < 1.29 is 9.53 Å². The summed E-state index contributed by atoms with van der Waals surface area (Å²) in [4.78, 5) is 22.5. The van der Waals surface area contributed by atoms with Gasteiger partial charge in [0.05, 0.1) is 0 Å². The normalized spacial score (nSPS) is 19.6. The fourth-order valence-electron chi connectivity index (χ4n) is 2.65. The Morgan fingerprint density at radius 3 is 2.90 bits per heavy atom. The summed E-state index contributed by atoms with van der Waals surface area (Å²) in [5, 5.41) is 0. The second-order valence-corrected chi connectivity index (χ2v) is 5.30. The predicted molar refractivity (Wildman–Crippen MR) is 76.2 cm³/mol. The Hall–Kier alpha value is -1.49. The van der Waals surface area contributed by atoms with Crippen LogP contribution in [0.15, 0.2) is 18.5 Å². The van der Waals surface area contributed by atoms with Crippen molar-refractivity contribution in [2.75, 3.05) is 26.8 Å². The standard InChI is InChI=1S/C15H23N3O2/c1-20-12-13-4-2-10-18(11-7-13)15(19)6-5-14-16-8-3-9-17-14/h3,8-9,13H,2,4-7,10-12H2,1H3. The van der Waals surface area contributed by atoms with Gasteiger partial charge in [0.2, 0.25) is 5.91 Å². The van der Waals surface area contributed by atoms with Gasteiger partial charge in [-0.2, -0.15) is 0 Å². The first kappa shape index (κ1) is 14.9. The molecular weight excluding hydrogens is 254 g/mol. The molecule has 0 spiro atoms. The predicted octanol–water partition coefficient (Wildman–Crippen LogP) is 1.68. The van der Waals surface area contributed by atoms with E-state index in [2.05, 4.69) is 9.97 Å². The van der Waals surface area contributed by atoms with Gasteiger partial charge in [-0.25, -0.2) is 9.97 Å². The molecule has 1 unspecified atom stereocenters. The van der Waals surface area contributed by atoms with E-state index in [0.29, 0.717) is 18.8 Å². The van der Waals surface area contributed by atoms with Crippen LogP contribution in [-0.4, -0.2) is 47.6 Å². The molecule has 0 aromatic carbocycles. The first-order valence-electron chi connectivity index (χ1n) is 7.32. The summed E-state index contributed by atoms with van der Waals surface area (Å²) in [6.07, 6.45) is 7.82. The highest BCUT2D eigenvalue weighted by Gasteiger charge is 2.20. The third kappa shape index (κ3) is 4.56. The molecule has 0 saturated carbocycles. The molecule has 0 N–H and O–H groups in total. The van der Waals surface area contributed by atoms with Crippen LogP contribution in [0.5, 0.6) is 0 Å². The number of carbonyl (C=O) groups excluding carboxylic acids is 1. The van der Waals surface area contributed by atoms with Gasteiger partial charge in [-0.1, -0.05) is 0 Å². The minimum Gasteiger partial charge on any atom is -0.384 e. The number of rotatable bonds is 5. The molecule has 1 fully saturated rings. The largest absolute Gasteiger partial charge is 0.384 e. The van der Waals surface area contributed by atoms with E-state index >= 15 is 0 Å². The number of ether oxygens (including phenoxy) is 1. The van der Waals surface area contributed by atoms with Crippen LogP contribution in [0.4, 0.5) is 0 Å². The number of amides is 1. The highest BCUT2D eigenvalue weighted by Crippen LogP contribution is 2.18. The van der Waals surface area contributed by atoms with Crippen LogP contribution < -0.4 is 0 Å². The van der Waals surface area contributed by atoms with Gasteiger partial charge in [-0.05, 0) is 31.2 Å². The lowest BCUT2D eigenvalue weighted by Gasteiger charge is -2.20. The topological polar surface area (TPSA) is 55.3 Å². The lowest BCUT2D eigenvalue weighted by Crippen LogP contribution is -2.32. The molecule has 2 rings (SSSR count). The number of hydrogen-bond donors (Lipinski definition) is 0. The molecule has 1 aliphatic heterocycles. The van der Waals surface area contributed by atoms with E-state index in [1.54, 1.807) is 25.6 Å². The summed E-state index contributed by atoms with van der Waals surface area (Å²) in [6.45, 7) is 2.52. The third-order valence-corrected chi connectivity index (χ3v) is 3.78. The zero-order valence-corrected chi connectivity index (χ0v) is 12.1. The van der Waals surface area contributed by atoms with Gasteiger partial charge in [0.1, 0.15) is 5.82 Å². The van der Waals surface area contributed by atoms with E-state index < -0.39 is 0 Å². The maximum Gasteiger partial charge on any atom is 0.223 e. The van der Waals surface area contributed by atoms with E-state index in [0.717, 1.165) is 44.8 Å². The Morgan fingerprint density at radius 1 is 1.35 bits per heavy atom. The first-order valence-corrected chi connectivity index (χ1v) is 7.32. The van der Waals surface area contributed by atoms with Gasteiger partial charge < -0.3 is 9.64 Å². The Kier molecular flexibility index (Phi) is 5.92. The lowest BCUT2D eigenvalue weighted by molar-refractivity contribution is -0.131. The third-order valence-electron chi connectivity index (χ3n) is 3.78. The van der Waals surface area contributed by atoms with Gasteiger partial charge >= 0.3 is 0 Å². The summed E-state index contributed by atoms with van der Waals surface area (Å²) >= 11 is 0. The highest BCUT2D eigenvalue weighted by molar-refractivity contribution is 5.76. The van der Waals surface area contributed by atoms with Crippen LogP contribution in [0.1, 0.15) is 31.5 Å². The van der Waals surface area contributed by atoms with Gasteiger partial charge in [0.15, 0.2) is 0 Å². The minimum atomic E-state index is 0.218. The zero-order valence-electron chi connectivity index (χ0n) is 12.1. The Labute approximate surface area is 120 Å². The monoisotopic (exact) mass is 277 g/mol. The number of carbonyl (C=O) groups is 1. The maximum absolute atomic E-state index is 12.2. The van der Waals surface area contributed by atoms with Crippen LogP contribution in [0.3, 0.4) is 0 Å². The zero-order chi connectivity index (χ0) is 14.2. The summed E-state index contributed by atoms with van der Waals surface area (Å²) in [5.74, 6) is 1.55. The second-order valence-electron chi connectivity index (χ2n) is 5.30. The molecule has 0 aliphatic carbocycles. The van der Waals surface area contributed by atoms with E-state index in [-0.39, 0.29) is 5.91 Å². The van der Waals surface area contributed by atoms with E-state index in [1.807, 2.05) is 4.90 Å². The average molecular weight is 277 g/mol. The molecule has 1 aromatic rings. The van der Waals surface area contributed by atoms with Crippen LogP contribution in [0, 0.1) is 5.92 Å². The van der Waals surface area contributed by atoms with E-state index in [1.165, 1.54) is 0 Å². The van der Waals surface area contributed by atoms with Crippen molar-refractivity contribution in [2.45, 2.75) is 32.1 Å². The summed E-state index contributed by atoms with van der Waals surface area (Å²) in [5.41, 5.74) is 0. The van der Waals surface area contributed by atoms with E-state index in [9.17, 15) is 4.79 Å². The quantitative estimate of drug-likeness (QED) is 0.822. The molecule has 1 aliphatic rings. The van der Waals surface area contributed by atoms with Crippen molar-refractivity contribution in [1.29, 1.82) is 0 Å². The minimum absolute atomic E-state index is 0.218. The molecule has 5 heteroatoms. The SMILES string of the molecule is COCC1CCCN(C(=O)CCc2ncccn2)CC1. The number of methoxy groups -OCH3 is 1. The lowest BCUT2D eigenvalue weighted by atomic mass is 10.0. The number of likely N-dealkylation sites (tertiary alicyclic amines) is 1. The highest BCUT2D eigenvalue weighted by atomic mass is 16.5. The maximum atomic E-state index is 12.2. The van der Waals surface area contributed by atoms with Crippen LogP contribution in [-0.2, 0) is 16.0 Å². The summed E-state index contributed by atoms with van der Waals surface area (Å²) in [7, 11) is 1.74. The summed E-state index contributed by atoms with van der Waals surface area (Å²) < 4.78 is 5.22. The fraction of sp³-hybridized carbons (Fsp3) is 0.667. The molecule has 20 heavy (non-hydrogen) atoms. The molecule has 0 bridgehead atoms. The van der Waals surface area contributed by atoms with Gasteiger partial charge in [0, 0.05) is 52.0 Å². The van der Waals surface area contributed by atoms with Gasteiger partial charge in [-0.3, -0.25) is 4.79 Å². The number of aromatic nitrogens is 2. The number of aryl methyl sites for hydroxylation is 1. The Bertz CT molecular complexity index is 411. The number of hydrogen-bond acceptors (Lipinski definition) is 4. The average Bonchev–Trinajstić information content (AvgIpc) is 2.72. The van der Waals surface area contributed by atoms with Crippen molar-refractivity contribution in [1.82, 2.24) is 14.9 Å². The van der Waals surface area contributed by atoms with Crippen LogP contribution in [0.25, 0.3) is 0 Å². The molecular formula is C15H23N3O2. The molecule has 2 heterocycles. The molecule has 1 saturated heterocycles. The Balaban J connectivity index is 1.77. The smallest absolute Gasteiger partial charge is 0.223 e. The van der Waals surface area contributed by atoms with Crippen molar-refractivity contribution in [2.24, 2.45) is 5.92 Å². The molecule has 1 amide bonds.